The Hall–Kier alpha value is -1.07. The van der Waals surface area contributed by atoms with Crippen molar-refractivity contribution in [2.75, 3.05) is 7.11 Å². The minimum Gasteiger partial charge on any atom is -0.496 e. The molecular weight excluding hydrogens is 284 g/mol. The van der Waals surface area contributed by atoms with Gasteiger partial charge < -0.3 is 15.8 Å². The van der Waals surface area contributed by atoms with Crippen LogP contribution in [0.25, 0.3) is 0 Å². The zero-order valence-corrected chi connectivity index (χ0v) is 11.8. The van der Waals surface area contributed by atoms with Crippen molar-refractivity contribution in [2.45, 2.75) is 25.9 Å². The van der Waals surface area contributed by atoms with Crippen molar-refractivity contribution >= 4 is 21.8 Å². The van der Waals surface area contributed by atoms with Crippen molar-refractivity contribution in [3.05, 3.63) is 28.2 Å². The van der Waals surface area contributed by atoms with Crippen molar-refractivity contribution in [3.63, 3.8) is 0 Å². The van der Waals surface area contributed by atoms with Gasteiger partial charge in [0.15, 0.2) is 6.04 Å². The minimum atomic E-state index is -0.301. The first-order valence-electron chi connectivity index (χ1n) is 5.43. The molecule has 0 fully saturated rings. The molecule has 1 aromatic carbocycles. The van der Waals surface area contributed by atoms with Gasteiger partial charge in [-0.15, -0.1) is 0 Å². The zero-order valence-electron chi connectivity index (χ0n) is 10.2. The molecule has 1 rings (SSSR count). The molecule has 0 unspecified atom stereocenters. The third kappa shape index (κ3) is 3.71. The number of hydrogen-bond acceptors (Lipinski definition) is 2. The molecule has 17 heavy (non-hydrogen) atoms. The maximum Gasteiger partial charge on any atom is 0.275 e. The van der Waals surface area contributed by atoms with Crippen LogP contribution in [0.3, 0.4) is 0 Å². The Morgan fingerprint density at radius 3 is 2.59 bits per heavy atom. The van der Waals surface area contributed by atoms with Crippen LogP contribution in [0, 0.1) is 0 Å². The van der Waals surface area contributed by atoms with E-state index in [1.165, 1.54) is 0 Å². The molecule has 1 amide bonds. The SMILES string of the molecule is COc1ccc([C@H](C)[NH2+][C@@H](C)C(N)=O)cc1Br. The fourth-order valence-corrected chi connectivity index (χ4v) is 2.16. The van der Waals surface area contributed by atoms with Gasteiger partial charge in [-0.3, -0.25) is 4.79 Å². The number of primary amides is 1. The number of carbonyl (C=O) groups is 1. The van der Waals surface area contributed by atoms with Crippen LogP contribution in [0.1, 0.15) is 25.5 Å². The molecule has 0 aromatic heterocycles. The lowest BCUT2D eigenvalue weighted by Crippen LogP contribution is -2.92. The monoisotopic (exact) mass is 301 g/mol. The summed E-state index contributed by atoms with van der Waals surface area (Å²) in [6, 6.07) is 5.82. The van der Waals surface area contributed by atoms with E-state index in [9.17, 15) is 4.79 Å². The molecular formula is C12H18BrN2O2+. The molecule has 94 valence electrons. The second-order valence-corrected chi connectivity index (χ2v) is 4.92. The van der Waals surface area contributed by atoms with Gasteiger partial charge in [0.05, 0.1) is 11.6 Å². The molecule has 1 aromatic rings. The topological polar surface area (TPSA) is 68.9 Å². The smallest absolute Gasteiger partial charge is 0.275 e. The molecule has 0 saturated carbocycles. The van der Waals surface area contributed by atoms with E-state index < -0.39 is 0 Å². The van der Waals surface area contributed by atoms with E-state index in [2.05, 4.69) is 15.9 Å². The van der Waals surface area contributed by atoms with E-state index in [1.807, 2.05) is 30.4 Å². The number of rotatable bonds is 5. The maximum absolute atomic E-state index is 11.0. The van der Waals surface area contributed by atoms with Crippen LogP contribution in [-0.2, 0) is 4.79 Å². The number of methoxy groups -OCH3 is 1. The first-order chi connectivity index (χ1) is 7.95. The van der Waals surface area contributed by atoms with Gasteiger partial charge in [0.2, 0.25) is 0 Å². The van der Waals surface area contributed by atoms with Gasteiger partial charge in [-0.25, -0.2) is 0 Å². The Kier molecular flexibility index (Phi) is 4.96. The average Bonchev–Trinajstić information content (AvgIpc) is 2.28. The number of benzene rings is 1. The zero-order chi connectivity index (χ0) is 13.0. The lowest BCUT2D eigenvalue weighted by molar-refractivity contribution is -0.710. The number of amides is 1. The summed E-state index contributed by atoms with van der Waals surface area (Å²) in [6.45, 7) is 3.84. The van der Waals surface area contributed by atoms with E-state index in [0.29, 0.717) is 0 Å². The van der Waals surface area contributed by atoms with Crippen molar-refractivity contribution in [1.29, 1.82) is 0 Å². The quantitative estimate of drug-likeness (QED) is 0.850. The van der Waals surface area contributed by atoms with Crippen LogP contribution in [0.4, 0.5) is 0 Å². The molecule has 0 heterocycles. The Balaban J connectivity index is 2.79. The molecule has 0 radical (unpaired) electrons. The Bertz CT molecular complexity index is 409. The van der Waals surface area contributed by atoms with Crippen molar-refractivity contribution in [2.24, 2.45) is 5.73 Å². The van der Waals surface area contributed by atoms with Crippen LogP contribution in [0.2, 0.25) is 0 Å². The van der Waals surface area contributed by atoms with Gasteiger partial charge in [0.25, 0.3) is 5.91 Å². The first kappa shape index (κ1) is 14.0. The average molecular weight is 302 g/mol. The highest BCUT2D eigenvalue weighted by Crippen LogP contribution is 2.27. The van der Waals surface area contributed by atoms with Gasteiger partial charge >= 0.3 is 0 Å². The fourth-order valence-electron chi connectivity index (χ4n) is 1.60. The van der Waals surface area contributed by atoms with Crippen LogP contribution < -0.4 is 15.8 Å². The Labute approximate surface area is 110 Å². The molecule has 5 heteroatoms. The largest absolute Gasteiger partial charge is 0.496 e. The lowest BCUT2D eigenvalue weighted by Gasteiger charge is -2.15. The summed E-state index contributed by atoms with van der Waals surface area (Å²) in [7, 11) is 1.63. The molecule has 2 atom stereocenters. The van der Waals surface area contributed by atoms with Crippen molar-refractivity contribution in [1.82, 2.24) is 0 Å². The highest BCUT2D eigenvalue weighted by molar-refractivity contribution is 9.10. The van der Waals surface area contributed by atoms with Gasteiger partial charge in [-0.2, -0.15) is 0 Å². The molecule has 4 N–H and O–H groups in total. The highest BCUT2D eigenvalue weighted by Gasteiger charge is 2.18. The third-order valence-electron chi connectivity index (χ3n) is 2.73. The molecule has 0 aliphatic heterocycles. The summed E-state index contributed by atoms with van der Waals surface area (Å²) < 4.78 is 6.07. The predicted molar refractivity (Wildman–Crippen MR) is 69.7 cm³/mol. The number of ether oxygens (including phenoxy) is 1. The second-order valence-electron chi connectivity index (χ2n) is 4.07. The number of carbonyl (C=O) groups excluding carboxylic acids is 1. The van der Waals surface area contributed by atoms with Crippen LogP contribution in [0.15, 0.2) is 22.7 Å². The normalized spacial score (nSPS) is 14.1. The summed E-state index contributed by atoms with van der Waals surface area (Å²) in [4.78, 5) is 11.0. The van der Waals surface area contributed by atoms with Gasteiger partial charge in [-0.1, -0.05) is 0 Å². The summed E-state index contributed by atoms with van der Waals surface area (Å²) >= 11 is 3.44. The van der Waals surface area contributed by atoms with Gasteiger partial charge in [0.1, 0.15) is 11.8 Å². The number of halogens is 1. The number of quaternary nitrogens is 1. The van der Waals surface area contributed by atoms with E-state index in [0.717, 1.165) is 15.8 Å². The van der Waals surface area contributed by atoms with E-state index in [-0.39, 0.29) is 18.0 Å². The summed E-state index contributed by atoms with van der Waals surface area (Å²) in [6.07, 6.45) is 0. The van der Waals surface area contributed by atoms with E-state index in [4.69, 9.17) is 10.5 Å². The highest BCUT2D eigenvalue weighted by atomic mass is 79.9. The van der Waals surface area contributed by atoms with Crippen molar-refractivity contribution in [3.8, 4) is 5.75 Å². The van der Waals surface area contributed by atoms with Crippen molar-refractivity contribution < 1.29 is 14.8 Å². The van der Waals surface area contributed by atoms with Crippen LogP contribution in [-0.4, -0.2) is 19.1 Å². The predicted octanol–water partition coefficient (Wildman–Crippen LogP) is 0.956. The molecule has 0 saturated heterocycles. The standard InChI is InChI=1S/C12H17BrN2O2/c1-7(15-8(2)12(14)16)9-4-5-11(17-3)10(13)6-9/h4-8,15H,1-3H3,(H2,14,16)/p+1/t7-,8-/m0/s1. The van der Waals surface area contributed by atoms with E-state index in [1.54, 1.807) is 14.0 Å². The van der Waals surface area contributed by atoms with Gasteiger partial charge in [0, 0.05) is 5.56 Å². The molecule has 4 nitrogen and oxygen atoms in total. The first-order valence-corrected chi connectivity index (χ1v) is 6.22. The number of nitrogens with two attached hydrogens (primary N) is 2. The lowest BCUT2D eigenvalue weighted by atomic mass is 10.1. The minimum absolute atomic E-state index is 0.166. The summed E-state index contributed by atoms with van der Waals surface area (Å²) in [5, 5.41) is 1.94. The molecule has 0 aliphatic rings. The van der Waals surface area contributed by atoms with E-state index >= 15 is 0 Å². The third-order valence-corrected chi connectivity index (χ3v) is 3.35. The Morgan fingerprint density at radius 1 is 1.47 bits per heavy atom. The second kappa shape index (κ2) is 6.02. The summed E-state index contributed by atoms with van der Waals surface area (Å²) in [5.74, 6) is 0.494. The number of hydrogen-bond donors (Lipinski definition) is 2. The van der Waals surface area contributed by atoms with Gasteiger partial charge in [-0.05, 0) is 48.0 Å². The maximum atomic E-state index is 11.0. The summed E-state index contributed by atoms with van der Waals surface area (Å²) in [5.41, 5.74) is 6.35. The molecule has 0 aliphatic carbocycles. The van der Waals surface area contributed by atoms with Crippen LogP contribution >= 0.6 is 15.9 Å². The van der Waals surface area contributed by atoms with Crippen LogP contribution in [0.5, 0.6) is 5.75 Å². The molecule has 0 bridgehead atoms. The fraction of sp³-hybridized carbons (Fsp3) is 0.417. The molecule has 0 spiro atoms. The Morgan fingerprint density at radius 2 is 2.12 bits per heavy atom.